The molecule has 124 valence electrons. The smallest absolute Gasteiger partial charge is 0.308 e. The fraction of sp³-hybridized carbons (Fsp3) is 0.471. The number of carbonyl (C=O) groups is 3. The van der Waals surface area contributed by atoms with E-state index in [1.807, 2.05) is 6.92 Å². The number of benzene rings is 1. The third-order valence-electron chi connectivity index (χ3n) is 4.11. The fourth-order valence-corrected chi connectivity index (χ4v) is 2.85. The number of nitrogens with zero attached hydrogens (tertiary/aromatic N) is 1. The molecule has 6 heteroatoms. The summed E-state index contributed by atoms with van der Waals surface area (Å²) < 4.78 is 0. The molecule has 0 aliphatic carbocycles. The molecule has 2 rings (SSSR count). The van der Waals surface area contributed by atoms with Gasteiger partial charge in [0.2, 0.25) is 5.91 Å². The minimum atomic E-state index is -0.891. The van der Waals surface area contributed by atoms with E-state index < -0.39 is 11.9 Å². The van der Waals surface area contributed by atoms with Crippen molar-refractivity contribution in [3.63, 3.8) is 0 Å². The number of aliphatic carboxylic acids is 1. The van der Waals surface area contributed by atoms with Gasteiger partial charge in [0.25, 0.3) is 5.91 Å². The Bertz CT molecular complexity index is 627. The van der Waals surface area contributed by atoms with Crippen LogP contribution < -0.4 is 10.2 Å². The summed E-state index contributed by atoms with van der Waals surface area (Å²) in [5.41, 5.74) is 2.31. The molecule has 0 bridgehead atoms. The number of hydrogen-bond donors (Lipinski definition) is 2. The maximum Gasteiger partial charge on any atom is 0.308 e. The molecule has 1 aliphatic heterocycles. The van der Waals surface area contributed by atoms with Gasteiger partial charge in [-0.25, -0.2) is 0 Å². The van der Waals surface area contributed by atoms with Crippen LogP contribution in [0, 0.1) is 5.92 Å². The van der Waals surface area contributed by atoms with Crippen molar-refractivity contribution in [1.29, 1.82) is 0 Å². The monoisotopic (exact) mass is 318 g/mol. The van der Waals surface area contributed by atoms with Gasteiger partial charge in [-0.05, 0) is 36.6 Å². The van der Waals surface area contributed by atoms with Gasteiger partial charge in [-0.1, -0.05) is 13.3 Å². The fourth-order valence-electron chi connectivity index (χ4n) is 2.85. The second-order valence-electron chi connectivity index (χ2n) is 5.80. The second kappa shape index (κ2) is 7.26. The molecule has 1 aromatic carbocycles. The van der Waals surface area contributed by atoms with Crippen LogP contribution in [0.2, 0.25) is 0 Å². The highest BCUT2D eigenvalue weighted by molar-refractivity contribution is 5.98. The number of anilines is 1. The van der Waals surface area contributed by atoms with Crippen molar-refractivity contribution in [3.8, 4) is 0 Å². The average Bonchev–Trinajstić information content (AvgIpc) is 2.93. The van der Waals surface area contributed by atoms with Gasteiger partial charge >= 0.3 is 5.97 Å². The maximum atomic E-state index is 12.2. The molecule has 0 aromatic heterocycles. The molecule has 2 amide bonds. The van der Waals surface area contributed by atoms with E-state index in [0.717, 1.165) is 24.1 Å². The quantitative estimate of drug-likeness (QED) is 0.837. The van der Waals surface area contributed by atoms with Gasteiger partial charge in [0, 0.05) is 31.3 Å². The third-order valence-corrected chi connectivity index (χ3v) is 4.11. The summed E-state index contributed by atoms with van der Waals surface area (Å²) in [5, 5.41) is 11.8. The molecule has 1 heterocycles. The summed E-state index contributed by atoms with van der Waals surface area (Å²) in [6.07, 6.45) is 2.02. The zero-order chi connectivity index (χ0) is 17.0. The van der Waals surface area contributed by atoms with Crippen molar-refractivity contribution in [2.45, 2.75) is 33.1 Å². The lowest BCUT2D eigenvalue weighted by Crippen LogP contribution is -2.33. The second-order valence-corrected chi connectivity index (χ2v) is 5.80. The Morgan fingerprint density at radius 3 is 2.70 bits per heavy atom. The lowest BCUT2D eigenvalue weighted by molar-refractivity contribution is -0.141. The van der Waals surface area contributed by atoms with Gasteiger partial charge < -0.3 is 15.3 Å². The van der Waals surface area contributed by atoms with Crippen molar-refractivity contribution in [2.75, 3.05) is 18.0 Å². The van der Waals surface area contributed by atoms with Crippen molar-refractivity contribution in [2.24, 2.45) is 5.92 Å². The van der Waals surface area contributed by atoms with Crippen LogP contribution in [0.3, 0.4) is 0 Å². The van der Waals surface area contributed by atoms with E-state index in [9.17, 15) is 14.4 Å². The predicted octanol–water partition coefficient (Wildman–Crippen LogP) is 1.83. The standard InChI is InChI=1S/C17H22N2O4/c1-3-4-14(17(22)23)10-18-16(21)13-5-6-15-12(9-13)7-8-19(15)11(2)20/h5-6,9,14H,3-4,7-8,10H2,1-2H3,(H,18,21)(H,22,23). The SMILES string of the molecule is CCCC(CNC(=O)c1ccc2c(c1)CCN2C(C)=O)C(=O)O. The Balaban J connectivity index is 2.04. The highest BCUT2D eigenvalue weighted by atomic mass is 16.4. The van der Waals surface area contributed by atoms with Crippen LogP contribution in [0.25, 0.3) is 0 Å². The molecule has 2 N–H and O–H groups in total. The van der Waals surface area contributed by atoms with Crippen LogP contribution in [-0.4, -0.2) is 36.0 Å². The van der Waals surface area contributed by atoms with E-state index in [0.29, 0.717) is 18.5 Å². The number of carbonyl (C=O) groups excluding carboxylic acids is 2. The Morgan fingerprint density at radius 1 is 1.35 bits per heavy atom. The highest BCUT2D eigenvalue weighted by Gasteiger charge is 2.23. The molecule has 6 nitrogen and oxygen atoms in total. The minimum absolute atomic E-state index is 0.00943. The minimum Gasteiger partial charge on any atom is -0.481 e. The molecule has 1 atom stereocenters. The topological polar surface area (TPSA) is 86.7 Å². The average molecular weight is 318 g/mol. The van der Waals surface area contributed by atoms with Crippen LogP contribution in [0.4, 0.5) is 5.69 Å². The molecule has 0 spiro atoms. The van der Waals surface area contributed by atoms with E-state index in [2.05, 4.69) is 5.32 Å². The molecular weight excluding hydrogens is 296 g/mol. The van der Waals surface area contributed by atoms with Crippen molar-refractivity contribution >= 4 is 23.5 Å². The van der Waals surface area contributed by atoms with Gasteiger partial charge in [0.1, 0.15) is 0 Å². The molecule has 0 saturated carbocycles. The van der Waals surface area contributed by atoms with Crippen LogP contribution in [0.5, 0.6) is 0 Å². The van der Waals surface area contributed by atoms with Gasteiger partial charge in [-0.3, -0.25) is 14.4 Å². The van der Waals surface area contributed by atoms with Gasteiger partial charge in [-0.2, -0.15) is 0 Å². The van der Waals surface area contributed by atoms with E-state index in [1.165, 1.54) is 6.92 Å². The van der Waals surface area contributed by atoms with Crippen LogP contribution in [0.1, 0.15) is 42.6 Å². The number of carboxylic acids is 1. The summed E-state index contributed by atoms with van der Waals surface area (Å²) in [7, 11) is 0. The zero-order valence-corrected chi connectivity index (χ0v) is 13.5. The molecule has 0 radical (unpaired) electrons. The number of hydrogen-bond acceptors (Lipinski definition) is 3. The van der Waals surface area contributed by atoms with Crippen molar-refractivity contribution in [1.82, 2.24) is 5.32 Å². The van der Waals surface area contributed by atoms with Gasteiger partial charge in [0.05, 0.1) is 5.92 Å². The normalized spacial score (nSPS) is 14.3. The first-order valence-electron chi connectivity index (χ1n) is 7.86. The Labute approximate surface area is 135 Å². The summed E-state index contributed by atoms with van der Waals surface area (Å²) in [6, 6.07) is 5.23. The van der Waals surface area contributed by atoms with Gasteiger partial charge in [0.15, 0.2) is 0 Å². The summed E-state index contributed by atoms with van der Waals surface area (Å²) in [5.74, 6) is -1.74. The number of nitrogens with one attached hydrogen (secondary N) is 1. The number of amides is 2. The van der Waals surface area contributed by atoms with Crippen molar-refractivity contribution < 1.29 is 19.5 Å². The Kier molecular flexibility index (Phi) is 5.36. The van der Waals surface area contributed by atoms with Gasteiger partial charge in [-0.15, -0.1) is 0 Å². The lowest BCUT2D eigenvalue weighted by atomic mass is 10.0. The van der Waals surface area contributed by atoms with E-state index in [4.69, 9.17) is 5.11 Å². The molecular formula is C17H22N2O4. The zero-order valence-electron chi connectivity index (χ0n) is 13.5. The number of carboxylic acid groups (broad SMARTS) is 1. The molecule has 1 aromatic rings. The Hall–Kier alpha value is -2.37. The molecule has 0 saturated heterocycles. The third kappa shape index (κ3) is 3.88. The van der Waals surface area contributed by atoms with Crippen LogP contribution >= 0.6 is 0 Å². The maximum absolute atomic E-state index is 12.2. The molecule has 23 heavy (non-hydrogen) atoms. The highest BCUT2D eigenvalue weighted by Crippen LogP contribution is 2.28. The molecule has 1 unspecified atom stereocenters. The first-order chi connectivity index (χ1) is 10.9. The molecule has 1 aliphatic rings. The van der Waals surface area contributed by atoms with E-state index in [-0.39, 0.29) is 18.4 Å². The first kappa shape index (κ1) is 17.0. The molecule has 0 fully saturated rings. The van der Waals surface area contributed by atoms with Crippen molar-refractivity contribution in [3.05, 3.63) is 29.3 Å². The lowest BCUT2D eigenvalue weighted by Gasteiger charge is -2.15. The summed E-state index contributed by atoms with van der Waals surface area (Å²) in [6.45, 7) is 4.19. The Morgan fingerprint density at radius 2 is 2.09 bits per heavy atom. The largest absolute Gasteiger partial charge is 0.481 e. The van der Waals surface area contributed by atoms with Crippen LogP contribution in [-0.2, 0) is 16.0 Å². The van der Waals surface area contributed by atoms with Crippen LogP contribution in [0.15, 0.2) is 18.2 Å². The first-order valence-corrected chi connectivity index (χ1v) is 7.86. The predicted molar refractivity (Wildman–Crippen MR) is 86.5 cm³/mol. The number of fused-ring (bicyclic) bond motifs is 1. The summed E-state index contributed by atoms with van der Waals surface area (Å²) >= 11 is 0. The van der Waals surface area contributed by atoms with E-state index in [1.54, 1.807) is 23.1 Å². The van der Waals surface area contributed by atoms with E-state index >= 15 is 0 Å². The summed E-state index contributed by atoms with van der Waals surface area (Å²) in [4.78, 5) is 36.5. The number of rotatable bonds is 6.